The molecule has 0 spiro atoms. The standard InChI is InChI=1S/C15H28N4S/c1-5-8-9-12(6-2)11-17-14-10-13(16-7-3)18-15(19-14)20-4/h10,12H,5-9,11H2,1-4H3,(H2,16,17,18,19). The second-order valence-electron chi connectivity index (χ2n) is 4.95. The van der Waals surface area contributed by atoms with Gasteiger partial charge in [-0.15, -0.1) is 0 Å². The zero-order valence-corrected chi connectivity index (χ0v) is 14.0. The van der Waals surface area contributed by atoms with Crippen LogP contribution in [0.5, 0.6) is 0 Å². The van der Waals surface area contributed by atoms with E-state index in [1.54, 1.807) is 11.8 Å². The Hall–Kier alpha value is -0.970. The number of hydrogen-bond donors (Lipinski definition) is 2. The van der Waals surface area contributed by atoms with Crippen LogP contribution in [-0.4, -0.2) is 29.3 Å². The summed E-state index contributed by atoms with van der Waals surface area (Å²) in [6.07, 6.45) is 7.09. The lowest BCUT2D eigenvalue weighted by molar-refractivity contribution is 0.472. The fraction of sp³-hybridized carbons (Fsp3) is 0.733. The molecule has 0 aliphatic carbocycles. The minimum absolute atomic E-state index is 0.727. The number of nitrogens with one attached hydrogen (secondary N) is 2. The van der Waals surface area contributed by atoms with Crippen molar-refractivity contribution < 1.29 is 0 Å². The Labute approximate surface area is 127 Å². The minimum Gasteiger partial charge on any atom is -0.370 e. The molecule has 1 heterocycles. The van der Waals surface area contributed by atoms with Gasteiger partial charge in [0, 0.05) is 19.2 Å². The van der Waals surface area contributed by atoms with E-state index >= 15 is 0 Å². The van der Waals surface area contributed by atoms with Gasteiger partial charge in [-0.05, 0) is 25.5 Å². The average molecular weight is 296 g/mol. The molecule has 5 heteroatoms. The molecule has 0 amide bonds. The molecule has 1 rings (SSSR count). The predicted octanol–water partition coefficient (Wildman–Crippen LogP) is 4.26. The van der Waals surface area contributed by atoms with Crippen LogP contribution in [-0.2, 0) is 0 Å². The summed E-state index contributed by atoms with van der Waals surface area (Å²) in [4.78, 5) is 8.96. The zero-order chi connectivity index (χ0) is 14.8. The Bertz CT molecular complexity index is 384. The van der Waals surface area contributed by atoms with Gasteiger partial charge in [0.1, 0.15) is 11.6 Å². The summed E-state index contributed by atoms with van der Waals surface area (Å²) < 4.78 is 0. The van der Waals surface area contributed by atoms with Gasteiger partial charge in [0.05, 0.1) is 0 Å². The highest BCUT2D eigenvalue weighted by molar-refractivity contribution is 7.98. The van der Waals surface area contributed by atoms with Gasteiger partial charge in [-0.3, -0.25) is 0 Å². The number of anilines is 2. The summed E-state index contributed by atoms with van der Waals surface area (Å²) in [6.45, 7) is 8.45. The Morgan fingerprint density at radius 3 is 2.40 bits per heavy atom. The third-order valence-corrected chi connectivity index (χ3v) is 3.91. The Balaban J connectivity index is 2.63. The van der Waals surface area contributed by atoms with Crippen molar-refractivity contribution in [2.75, 3.05) is 30.0 Å². The quantitative estimate of drug-likeness (QED) is 0.499. The highest BCUT2D eigenvalue weighted by atomic mass is 32.2. The van der Waals surface area contributed by atoms with E-state index in [-0.39, 0.29) is 0 Å². The van der Waals surface area contributed by atoms with Crippen LogP contribution in [0, 0.1) is 5.92 Å². The SMILES string of the molecule is CCCCC(CC)CNc1cc(NCC)nc(SC)n1. The summed E-state index contributed by atoms with van der Waals surface area (Å²) in [5, 5.41) is 7.54. The van der Waals surface area contributed by atoms with E-state index in [1.165, 1.54) is 25.7 Å². The lowest BCUT2D eigenvalue weighted by Crippen LogP contribution is -2.15. The second-order valence-corrected chi connectivity index (χ2v) is 5.73. The Morgan fingerprint density at radius 1 is 1.15 bits per heavy atom. The smallest absolute Gasteiger partial charge is 0.191 e. The summed E-state index contributed by atoms with van der Waals surface area (Å²) in [5.41, 5.74) is 0. The maximum atomic E-state index is 4.52. The predicted molar refractivity (Wildman–Crippen MR) is 89.8 cm³/mol. The Kier molecular flexibility index (Phi) is 8.42. The molecule has 20 heavy (non-hydrogen) atoms. The van der Waals surface area contributed by atoms with E-state index in [9.17, 15) is 0 Å². The van der Waals surface area contributed by atoms with Gasteiger partial charge in [-0.1, -0.05) is 44.9 Å². The van der Waals surface area contributed by atoms with Crippen LogP contribution in [0.2, 0.25) is 0 Å². The van der Waals surface area contributed by atoms with Crippen molar-refractivity contribution >= 4 is 23.4 Å². The molecule has 114 valence electrons. The second kappa shape index (κ2) is 9.86. The van der Waals surface area contributed by atoms with Crippen LogP contribution >= 0.6 is 11.8 Å². The van der Waals surface area contributed by atoms with Crippen LogP contribution in [0.25, 0.3) is 0 Å². The van der Waals surface area contributed by atoms with Gasteiger partial charge < -0.3 is 10.6 Å². The molecule has 0 aliphatic heterocycles. The average Bonchev–Trinajstić information content (AvgIpc) is 2.47. The fourth-order valence-electron chi connectivity index (χ4n) is 2.07. The third-order valence-electron chi connectivity index (χ3n) is 3.36. The minimum atomic E-state index is 0.727. The number of nitrogens with zero attached hydrogens (tertiary/aromatic N) is 2. The van der Waals surface area contributed by atoms with E-state index in [4.69, 9.17) is 0 Å². The highest BCUT2D eigenvalue weighted by Gasteiger charge is 2.08. The van der Waals surface area contributed by atoms with Crippen molar-refractivity contribution in [1.29, 1.82) is 0 Å². The molecule has 1 unspecified atom stereocenters. The Morgan fingerprint density at radius 2 is 1.85 bits per heavy atom. The molecule has 0 bridgehead atoms. The van der Waals surface area contributed by atoms with Gasteiger partial charge in [0.15, 0.2) is 5.16 Å². The number of unbranched alkanes of at least 4 members (excludes halogenated alkanes) is 1. The number of aromatic nitrogens is 2. The van der Waals surface area contributed by atoms with Crippen molar-refractivity contribution in [1.82, 2.24) is 9.97 Å². The van der Waals surface area contributed by atoms with Crippen LogP contribution in [0.3, 0.4) is 0 Å². The molecule has 0 saturated heterocycles. The van der Waals surface area contributed by atoms with E-state index < -0.39 is 0 Å². The normalized spacial score (nSPS) is 12.2. The van der Waals surface area contributed by atoms with Crippen LogP contribution in [0.4, 0.5) is 11.6 Å². The molecule has 1 aromatic rings. The number of thioether (sulfide) groups is 1. The van der Waals surface area contributed by atoms with Gasteiger partial charge >= 0.3 is 0 Å². The maximum Gasteiger partial charge on any atom is 0.191 e. The van der Waals surface area contributed by atoms with Crippen LogP contribution in [0.15, 0.2) is 11.2 Å². The van der Waals surface area contributed by atoms with Crippen molar-refractivity contribution in [2.24, 2.45) is 5.92 Å². The summed E-state index contributed by atoms with van der Waals surface area (Å²) in [7, 11) is 0. The molecule has 0 aliphatic rings. The first-order chi connectivity index (χ1) is 9.73. The summed E-state index contributed by atoms with van der Waals surface area (Å²) in [6, 6.07) is 2.00. The summed E-state index contributed by atoms with van der Waals surface area (Å²) >= 11 is 1.57. The van der Waals surface area contributed by atoms with Gasteiger partial charge in [-0.25, -0.2) is 9.97 Å². The number of rotatable bonds is 10. The molecular formula is C15H28N4S. The van der Waals surface area contributed by atoms with E-state index in [1.807, 2.05) is 12.3 Å². The van der Waals surface area contributed by atoms with E-state index in [2.05, 4.69) is 41.4 Å². The monoisotopic (exact) mass is 296 g/mol. The van der Waals surface area contributed by atoms with Crippen LogP contribution in [0.1, 0.15) is 46.5 Å². The molecule has 4 nitrogen and oxygen atoms in total. The molecule has 0 fully saturated rings. The van der Waals surface area contributed by atoms with Crippen molar-refractivity contribution in [3.05, 3.63) is 6.07 Å². The molecular weight excluding hydrogens is 268 g/mol. The first-order valence-corrected chi connectivity index (χ1v) is 8.86. The summed E-state index contributed by atoms with van der Waals surface area (Å²) in [5.74, 6) is 2.55. The first kappa shape index (κ1) is 17.1. The highest BCUT2D eigenvalue weighted by Crippen LogP contribution is 2.19. The first-order valence-electron chi connectivity index (χ1n) is 7.64. The van der Waals surface area contributed by atoms with Crippen molar-refractivity contribution in [3.63, 3.8) is 0 Å². The van der Waals surface area contributed by atoms with Gasteiger partial charge in [-0.2, -0.15) is 0 Å². The van der Waals surface area contributed by atoms with Crippen molar-refractivity contribution in [3.8, 4) is 0 Å². The molecule has 0 aromatic carbocycles. The number of hydrogen-bond acceptors (Lipinski definition) is 5. The maximum absolute atomic E-state index is 4.52. The lowest BCUT2D eigenvalue weighted by atomic mass is 9.99. The van der Waals surface area contributed by atoms with E-state index in [0.717, 1.165) is 35.8 Å². The van der Waals surface area contributed by atoms with Gasteiger partial charge in [0.2, 0.25) is 0 Å². The lowest BCUT2D eigenvalue weighted by Gasteiger charge is -2.16. The molecule has 1 atom stereocenters. The van der Waals surface area contributed by atoms with E-state index in [0.29, 0.717) is 0 Å². The third kappa shape index (κ3) is 5.99. The van der Waals surface area contributed by atoms with Gasteiger partial charge in [0.25, 0.3) is 0 Å². The molecule has 2 N–H and O–H groups in total. The molecule has 0 radical (unpaired) electrons. The fourth-order valence-corrected chi connectivity index (χ4v) is 2.45. The molecule has 1 aromatic heterocycles. The molecule has 0 saturated carbocycles. The van der Waals surface area contributed by atoms with Crippen molar-refractivity contribution in [2.45, 2.75) is 51.6 Å². The van der Waals surface area contributed by atoms with Crippen LogP contribution < -0.4 is 10.6 Å². The zero-order valence-electron chi connectivity index (χ0n) is 13.2. The largest absolute Gasteiger partial charge is 0.370 e. The topological polar surface area (TPSA) is 49.8 Å².